The summed E-state index contributed by atoms with van der Waals surface area (Å²) in [6.45, 7) is 0. The number of anilines is 3. The Balaban J connectivity index is 1.19. The summed E-state index contributed by atoms with van der Waals surface area (Å²) in [5, 5.41) is 7.54. The molecule has 0 aliphatic heterocycles. The highest BCUT2D eigenvalue weighted by atomic mass is 28.3. The van der Waals surface area contributed by atoms with E-state index in [0.29, 0.717) is 0 Å². The van der Waals surface area contributed by atoms with E-state index in [0.717, 1.165) is 39.0 Å². The molecule has 0 unspecified atom stereocenters. The first kappa shape index (κ1) is 34.3. The van der Waals surface area contributed by atoms with Gasteiger partial charge in [0.2, 0.25) is 0 Å². The van der Waals surface area contributed by atoms with Crippen LogP contribution in [0.2, 0.25) is 0 Å². The van der Waals surface area contributed by atoms with Crippen LogP contribution in [0.25, 0.3) is 44.2 Å². The van der Waals surface area contributed by atoms with Gasteiger partial charge in [-0.3, -0.25) is 0 Å². The predicted octanol–water partition coefficient (Wildman–Crippen LogP) is 11.8. The molecule has 9 aromatic carbocycles. The summed E-state index contributed by atoms with van der Waals surface area (Å²) in [4.78, 5) is 2.40. The lowest BCUT2D eigenvalue weighted by atomic mass is 10.0. The average molecular weight is 746 g/mol. The van der Waals surface area contributed by atoms with Gasteiger partial charge in [0.1, 0.15) is 11.2 Å². The van der Waals surface area contributed by atoms with E-state index in [4.69, 9.17) is 4.42 Å². The van der Waals surface area contributed by atoms with Crippen LogP contribution in [0.5, 0.6) is 0 Å². The van der Waals surface area contributed by atoms with Crippen LogP contribution in [0.15, 0.2) is 241 Å². The van der Waals surface area contributed by atoms with Gasteiger partial charge in [-0.05, 0) is 97.6 Å². The smallest absolute Gasteiger partial charge is 0.179 e. The van der Waals surface area contributed by atoms with Crippen molar-refractivity contribution in [2.75, 3.05) is 4.90 Å². The van der Waals surface area contributed by atoms with E-state index >= 15 is 0 Å². The van der Waals surface area contributed by atoms with E-state index in [1.54, 1.807) is 0 Å². The summed E-state index contributed by atoms with van der Waals surface area (Å²) in [5.41, 5.74) is 9.72. The Morgan fingerprint density at radius 1 is 0.281 bits per heavy atom. The Kier molecular flexibility index (Phi) is 8.90. The molecular weight excluding hydrogens is 707 g/mol. The van der Waals surface area contributed by atoms with Crippen LogP contribution in [0, 0.1) is 0 Å². The van der Waals surface area contributed by atoms with Crippen LogP contribution in [0.1, 0.15) is 0 Å². The lowest BCUT2D eigenvalue weighted by Crippen LogP contribution is -2.74. The van der Waals surface area contributed by atoms with Crippen molar-refractivity contribution in [3.63, 3.8) is 0 Å². The van der Waals surface area contributed by atoms with Gasteiger partial charge in [0.25, 0.3) is 0 Å². The molecule has 0 atom stereocenters. The molecule has 270 valence electrons. The number of hydrogen-bond acceptors (Lipinski definition) is 2. The fourth-order valence-electron chi connectivity index (χ4n) is 8.54. The summed E-state index contributed by atoms with van der Waals surface area (Å²) in [6.07, 6.45) is 0. The second-order valence-electron chi connectivity index (χ2n) is 14.5. The Bertz CT molecular complexity index is 2830. The Morgan fingerprint density at radius 3 is 1.25 bits per heavy atom. The van der Waals surface area contributed by atoms with Crippen molar-refractivity contribution in [2.24, 2.45) is 0 Å². The first-order valence-electron chi connectivity index (χ1n) is 19.5. The standard InChI is InChI=1S/C54H39NOSi/c1-6-17-40(18-7-1)42-29-32-44(33-30-42)55(46-34-36-54-52(39-46)51-37-43(31-35-53(51)56-54)41-19-8-2-9-20-41)45-21-16-28-50(38-45)57(47-22-10-3-11-23-47,48-24-12-4-13-25-48)49-26-14-5-15-27-49/h1-39H. The largest absolute Gasteiger partial charge is 0.456 e. The molecule has 0 saturated heterocycles. The lowest BCUT2D eigenvalue weighted by Gasteiger charge is -2.35. The van der Waals surface area contributed by atoms with E-state index in [-0.39, 0.29) is 0 Å². The van der Waals surface area contributed by atoms with Crippen LogP contribution < -0.4 is 25.6 Å². The van der Waals surface area contributed by atoms with Crippen LogP contribution >= 0.6 is 0 Å². The Hall–Kier alpha value is -7.20. The van der Waals surface area contributed by atoms with E-state index in [2.05, 4.69) is 241 Å². The summed E-state index contributed by atoms with van der Waals surface area (Å²) in [6, 6.07) is 85.9. The molecule has 0 radical (unpaired) electrons. The highest BCUT2D eigenvalue weighted by Crippen LogP contribution is 2.40. The fourth-order valence-corrected chi connectivity index (χ4v) is 13.3. The Labute approximate surface area is 334 Å². The zero-order valence-corrected chi connectivity index (χ0v) is 32.4. The van der Waals surface area contributed by atoms with Crippen LogP contribution in [0.3, 0.4) is 0 Å². The summed E-state index contributed by atoms with van der Waals surface area (Å²) in [5.74, 6) is 0. The minimum Gasteiger partial charge on any atom is -0.456 e. The number of nitrogens with zero attached hydrogens (tertiary/aromatic N) is 1. The molecule has 1 heterocycles. The molecule has 0 spiro atoms. The number of hydrogen-bond donors (Lipinski definition) is 0. The molecule has 2 nitrogen and oxygen atoms in total. The molecule has 0 bridgehead atoms. The van der Waals surface area contributed by atoms with Crippen molar-refractivity contribution in [1.82, 2.24) is 0 Å². The van der Waals surface area contributed by atoms with Crippen molar-refractivity contribution in [1.29, 1.82) is 0 Å². The molecule has 0 aliphatic carbocycles. The number of furan rings is 1. The summed E-state index contributed by atoms with van der Waals surface area (Å²) >= 11 is 0. The van der Waals surface area contributed by atoms with Crippen molar-refractivity contribution < 1.29 is 4.42 Å². The van der Waals surface area contributed by atoms with Gasteiger partial charge in [-0.1, -0.05) is 182 Å². The molecule has 0 amide bonds. The van der Waals surface area contributed by atoms with Gasteiger partial charge in [0, 0.05) is 27.8 Å². The second-order valence-corrected chi connectivity index (χ2v) is 18.3. The van der Waals surface area contributed by atoms with E-state index < -0.39 is 8.07 Å². The molecule has 57 heavy (non-hydrogen) atoms. The van der Waals surface area contributed by atoms with Crippen LogP contribution in [-0.4, -0.2) is 8.07 Å². The molecule has 10 rings (SSSR count). The highest BCUT2D eigenvalue weighted by molar-refractivity contribution is 7.19. The molecule has 0 fully saturated rings. The maximum Gasteiger partial charge on any atom is 0.179 e. The second kappa shape index (κ2) is 14.8. The molecule has 0 N–H and O–H groups in total. The molecule has 1 aromatic heterocycles. The maximum absolute atomic E-state index is 6.45. The molecule has 3 heteroatoms. The minimum absolute atomic E-state index is 0.871. The zero-order valence-electron chi connectivity index (χ0n) is 31.4. The van der Waals surface area contributed by atoms with Gasteiger partial charge in [-0.2, -0.15) is 0 Å². The van der Waals surface area contributed by atoms with Gasteiger partial charge >= 0.3 is 0 Å². The molecule has 10 aromatic rings. The molecular formula is C54H39NOSi. The molecule has 0 saturated carbocycles. The van der Waals surface area contributed by atoms with Crippen LogP contribution in [-0.2, 0) is 0 Å². The van der Waals surface area contributed by atoms with Crippen LogP contribution in [0.4, 0.5) is 17.1 Å². The van der Waals surface area contributed by atoms with Gasteiger partial charge in [0.05, 0.1) is 0 Å². The van der Waals surface area contributed by atoms with Crippen molar-refractivity contribution in [3.8, 4) is 22.3 Å². The normalized spacial score (nSPS) is 11.5. The first-order chi connectivity index (χ1) is 28.3. The summed E-state index contributed by atoms with van der Waals surface area (Å²) < 4.78 is 6.45. The quantitative estimate of drug-likeness (QED) is 0.108. The van der Waals surface area contributed by atoms with Gasteiger partial charge in [0.15, 0.2) is 8.07 Å². The van der Waals surface area contributed by atoms with Gasteiger partial charge < -0.3 is 9.32 Å². The molecule has 0 aliphatic rings. The number of rotatable bonds is 9. The fraction of sp³-hybridized carbons (Fsp3) is 0. The topological polar surface area (TPSA) is 16.4 Å². The van der Waals surface area contributed by atoms with E-state index in [9.17, 15) is 0 Å². The lowest BCUT2D eigenvalue weighted by molar-refractivity contribution is 0.669. The predicted molar refractivity (Wildman–Crippen MR) is 243 cm³/mol. The van der Waals surface area contributed by atoms with Crippen molar-refractivity contribution in [3.05, 3.63) is 237 Å². The number of benzene rings is 9. The number of fused-ring (bicyclic) bond motifs is 3. The van der Waals surface area contributed by atoms with E-state index in [1.165, 1.54) is 43.0 Å². The third-order valence-electron chi connectivity index (χ3n) is 11.2. The summed E-state index contributed by atoms with van der Waals surface area (Å²) in [7, 11) is -2.78. The maximum atomic E-state index is 6.45. The third-order valence-corrected chi connectivity index (χ3v) is 16.0. The van der Waals surface area contributed by atoms with Crippen molar-refractivity contribution >= 4 is 67.8 Å². The minimum atomic E-state index is -2.78. The third kappa shape index (κ3) is 6.25. The van der Waals surface area contributed by atoms with E-state index in [1.807, 2.05) is 0 Å². The highest BCUT2D eigenvalue weighted by Gasteiger charge is 2.41. The zero-order chi connectivity index (χ0) is 38.0. The monoisotopic (exact) mass is 745 g/mol. The Morgan fingerprint density at radius 2 is 0.684 bits per heavy atom. The SMILES string of the molecule is c1ccc(-c2ccc(N(c3cccc([Si](c4ccccc4)(c4ccccc4)c4ccccc4)c3)c3ccc4oc5ccc(-c6ccccc6)cc5c4c3)cc2)cc1. The van der Waals surface area contributed by atoms with Gasteiger partial charge in [-0.15, -0.1) is 0 Å². The average Bonchev–Trinajstić information content (AvgIpc) is 3.66. The first-order valence-corrected chi connectivity index (χ1v) is 21.5. The van der Waals surface area contributed by atoms with Crippen molar-refractivity contribution in [2.45, 2.75) is 0 Å². The van der Waals surface area contributed by atoms with Gasteiger partial charge in [-0.25, -0.2) is 0 Å².